The highest BCUT2D eigenvalue weighted by atomic mass is 32.1. The van der Waals surface area contributed by atoms with Crippen molar-refractivity contribution in [2.45, 2.75) is 26.4 Å². The van der Waals surface area contributed by atoms with E-state index in [0.29, 0.717) is 29.7 Å². The number of likely N-dealkylation sites (tertiary alicyclic amines) is 1. The molecule has 122 valence electrons. The minimum atomic E-state index is -0.0883. The van der Waals surface area contributed by atoms with Crippen LogP contribution in [0.4, 0.5) is 0 Å². The minimum Gasteiger partial charge on any atom is -0.480 e. The summed E-state index contributed by atoms with van der Waals surface area (Å²) in [4.78, 5) is 27.6. The molecule has 0 bridgehead atoms. The quantitative estimate of drug-likeness (QED) is 0.849. The number of ether oxygens (including phenoxy) is 2. The van der Waals surface area contributed by atoms with Gasteiger partial charge in [0.05, 0.1) is 36.7 Å². The number of amides is 1. The first-order chi connectivity index (χ1) is 11.1. The Morgan fingerprint density at radius 1 is 1.30 bits per heavy atom. The summed E-state index contributed by atoms with van der Waals surface area (Å²) in [6.45, 7) is 4.98. The van der Waals surface area contributed by atoms with E-state index in [2.05, 4.69) is 15.0 Å². The maximum atomic E-state index is 12.6. The Morgan fingerprint density at radius 3 is 2.78 bits per heavy atom. The van der Waals surface area contributed by atoms with Gasteiger partial charge in [-0.15, -0.1) is 11.3 Å². The van der Waals surface area contributed by atoms with Gasteiger partial charge in [0.25, 0.3) is 5.91 Å². The molecule has 1 unspecified atom stereocenters. The Hall–Kier alpha value is -2.22. The molecule has 1 atom stereocenters. The molecule has 0 spiro atoms. The predicted molar refractivity (Wildman–Crippen MR) is 85.1 cm³/mol. The SMILES string of the molecule is COc1cncc(OC2CCN(C(=O)c3sc(C)nc3C)C2)n1. The summed E-state index contributed by atoms with van der Waals surface area (Å²) in [6, 6.07) is 0. The number of rotatable bonds is 4. The molecule has 0 aliphatic carbocycles. The molecule has 23 heavy (non-hydrogen) atoms. The molecule has 0 N–H and O–H groups in total. The zero-order chi connectivity index (χ0) is 16.4. The number of aromatic nitrogens is 3. The number of carbonyl (C=O) groups excluding carboxylic acids is 1. The standard InChI is InChI=1S/C15H18N4O3S/c1-9-14(23-10(2)17-9)15(20)19-5-4-11(8-19)22-13-7-16-6-12(18-13)21-3/h6-7,11H,4-5,8H2,1-3H3. The first-order valence-electron chi connectivity index (χ1n) is 7.33. The van der Waals surface area contributed by atoms with Gasteiger partial charge in [-0.2, -0.15) is 4.98 Å². The molecule has 1 fully saturated rings. The van der Waals surface area contributed by atoms with Crippen molar-refractivity contribution in [1.82, 2.24) is 19.9 Å². The summed E-state index contributed by atoms with van der Waals surface area (Å²) < 4.78 is 10.8. The normalized spacial score (nSPS) is 17.3. The molecule has 7 nitrogen and oxygen atoms in total. The van der Waals surface area contributed by atoms with Crippen LogP contribution in [0.3, 0.4) is 0 Å². The molecule has 2 aromatic heterocycles. The van der Waals surface area contributed by atoms with E-state index in [0.717, 1.165) is 17.1 Å². The lowest BCUT2D eigenvalue weighted by molar-refractivity contribution is 0.0774. The van der Waals surface area contributed by atoms with Gasteiger partial charge in [-0.3, -0.25) is 9.78 Å². The number of methoxy groups -OCH3 is 1. The van der Waals surface area contributed by atoms with Gasteiger partial charge in [0.15, 0.2) is 0 Å². The van der Waals surface area contributed by atoms with Crippen molar-refractivity contribution in [1.29, 1.82) is 0 Å². The second-order valence-electron chi connectivity index (χ2n) is 5.33. The maximum absolute atomic E-state index is 12.6. The van der Waals surface area contributed by atoms with Gasteiger partial charge in [-0.25, -0.2) is 4.98 Å². The Labute approximate surface area is 138 Å². The smallest absolute Gasteiger partial charge is 0.265 e. The van der Waals surface area contributed by atoms with Crippen molar-refractivity contribution in [2.75, 3.05) is 20.2 Å². The van der Waals surface area contributed by atoms with E-state index in [4.69, 9.17) is 9.47 Å². The number of hydrogen-bond donors (Lipinski definition) is 0. The molecule has 0 aromatic carbocycles. The Bertz CT molecular complexity index is 718. The van der Waals surface area contributed by atoms with Crippen LogP contribution in [0.2, 0.25) is 0 Å². The molecule has 1 aliphatic rings. The molecule has 0 radical (unpaired) electrons. The van der Waals surface area contributed by atoms with Crippen molar-refractivity contribution >= 4 is 17.2 Å². The van der Waals surface area contributed by atoms with Crippen molar-refractivity contribution in [3.8, 4) is 11.8 Å². The monoisotopic (exact) mass is 334 g/mol. The first kappa shape index (κ1) is 15.7. The van der Waals surface area contributed by atoms with Crippen LogP contribution in [0, 0.1) is 13.8 Å². The fourth-order valence-electron chi connectivity index (χ4n) is 2.54. The summed E-state index contributed by atoms with van der Waals surface area (Å²) in [6.07, 6.45) is 3.74. The highest BCUT2D eigenvalue weighted by molar-refractivity contribution is 7.13. The molecule has 1 aliphatic heterocycles. The number of nitrogens with zero attached hydrogens (tertiary/aromatic N) is 4. The largest absolute Gasteiger partial charge is 0.480 e. The molecule has 0 saturated carbocycles. The Kier molecular flexibility index (Phi) is 4.42. The number of hydrogen-bond acceptors (Lipinski definition) is 7. The summed E-state index contributed by atoms with van der Waals surface area (Å²) >= 11 is 1.44. The van der Waals surface area contributed by atoms with Crippen LogP contribution in [0.15, 0.2) is 12.4 Å². The minimum absolute atomic E-state index is 0.0240. The van der Waals surface area contributed by atoms with E-state index in [1.165, 1.54) is 24.6 Å². The average molecular weight is 334 g/mol. The number of carbonyl (C=O) groups is 1. The van der Waals surface area contributed by atoms with Gasteiger partial charge in [0.1, 0.15) is 11.0 Å². The molecule has 3 rings (SSSR count). The van der Waals surface area contributed by atoms with Gasteiger partial charge >= 0.3 is 0 Å². The number of thiazole rings is 1. The highest BCUT2D eigenvalue weighted by Crippen LogP contribution is 2.23. The van der Waals surface area contributed by atoms with Crippen molar-refractivity contribution in [2.24, 2.45) is 0 Å². The van der Waals surface area contributed by atoms with Gasteiger partial charge < -0.3 is 14.4 Å². The zero-order valence-electron chi connectivity index (χ0n) is 13.3. The lowest BCUT2D eigenvalue weighted by Gasteiger charge is -2.16. The second-order valence-corrected chi connectivity index (χ2v) is 6.53. The molecular formula is C15H18N4O3S. The maximum Gasteiger partial charge on any atom is 0.265 e. The van der Waals surface area contributed by atoms with Gasteiger partial charge in [0.2, 0.25) is 11.8 Å². The van der Waals surface area contributed by atoms with Crippen LogP contribution >= 0.6 is 11.3 Å². The van der Waals surface area contributed by atoms with Crippen LogP contribution in [0.1, 0.15) is 26.8 Å². The summed E-state index contributed by atoms with van der Waals surface area (Å²) in [5.74, 6) is 0.841. The van der Waals surface area contributed by atoms with E-state index < -0.39 is 0 Å². The third-order valence-corrected chi connectivity index (χ3v) is 4.68. The molecule has 2 aromatic rings. The first-order valence-corrected chi connectivity index (χ1v) is 8.14. The molecule has 8 heteroatoms. The molecule has 1 saturated heterocycles. The van der Waals surface area contributed by atoms with Crippen LogP contribution < -0.4 is 9.47 Å². The van der Waals surface area contributed by atoms with Crippen molar-refractivity contribution in [3.63, 3.8) is 0 Å². The van der Waals surface area contributed by atoms with E-state index >= 15 is 0 Å². The molecular weight excluding hydrogens is 316 g/mol. The predicted octanol–water partition coefficient (Wildman–Crippen LogP) is 1.85. The Morgan fingerprint density at radius 2 is 2.09 bits per heavy atom. The van der Waals surface area contributed by atoms with E-state index in [1.54, 1.807) is 11.1 Å². The van der Waals surface area contributed by atoms with Crippen LogP contribution in [-0.4, -0.2) is 52.1 Å². The third kappa shape index (κ3) is 3.42. The lowest BCUT2D eigenvalue weighted by atomic mass is 10.3. The van der Waals surface area contributed by atoms with E-state index in [-0.39, 0.29) is 12.0 Å². The third-order valence-electron chi connectivity index (χ3n) is 3.62. The number of aryl methyl sites for hydroxylation is 2. The van der Waals surface area contributed by atoms with Crippen LogP contribution in [0.5, 0.6) is 11.8 Å². The topological polar surface area (TPSA) is 77.4 Å². The fraction of sp³-hybridized carbons (Fsp3) is 0.467. The summed E-state index contributed by atoms with van der Waals surface area (Å²) in [5.41, 5.74) is 0.792. The van der Waals surface area contributed by atoms with Gasteiger partial charge in [-0.05, 0) is 13.8 Å². The fourth-order valence-corrected chi connectivity index (χ4v) is 3.43. The lowest BCUT2D eigenvalue weighted by Crippen LogP contribution is -2.30. The van der Waals surface area contributed by atoms with Crippen molar-refractivity contribution < 1.29 is 14.3 Å². The average Bonchev–Trinajstić information content (AvgIpc) is 3.13. The molecule has 1 amide bonds. The summed E-state index contributed by atoms with van der Waals surface area (Å²) in [5, 5.41) is 0.907. The Balaban J connectivity index is 1.64. The van der Waals surface area contributed by atoms with Gasteiger partial charge in [0, 0.05) is 13.0 Å². The zero-order valence-corrected chi connectivity index (χ0v) is 14.1. The van der Waals surface area contributed by atoms with Gasteiger partial charge in [-0.1, -0.05) is 0 Å². The highest BCUT2D eigenvalue weighted by Gasteiger charge is 2.30. The molecule has 3 heterocycles. The second kappa shape index (κ2) is 6.49. The van der Waals surface area contributed by atoms with Crippen LogP contribution in [-0.2, 0) is 0 Å². The summed E-state index contributed by atoms with van der Waals surface area (Å²) in [7, 11) is 1.53. The van der Waals surface area contributed by atoms with Crippen molar-refractivity contribution in [3.05, 3.63) is 28.0 Å². The van der Waals surface area contributed by atoms with E-state index in [9.17, 15) is 4.79 Å². The van der Waals surface area contributed by atoms with E-state index in [1.807, 2.05) is 13.8 Å². The van der Waals surface area contributed by atoms with Crippen LogP contribution in [0.25, 0.3) is 0 Å².